The van der Waals surface area contributed by atoms with Crippen molar-refractivity contribution in [2.75, 3.05) is 7.05 Å². The lowest BCUT2D eigenvalue weighted by molar-refractivity contribution is -0.137. The maximum absolute atomic E-state index is 12.8. The maximum atomic E-state index is 12.8. The van der Waals surface area contributed by atoms with Gasteiger partial charge in [-0.3, -0.25) is 4.98 Å². The summed E-state index contributed by atoms with van der Waals surface area (Å²) in [5.74, 6) is -0.493. The van der Waals surface area contributed by atoms with Crippen LogP contribution in [0.4, 0.5) is 17.6 Å². The van der Waals surface area contributed by atoms with Crippen molar-refractivity contribution >= 4 is 0 Å². The molecule has 2 rings (SSSR count). The van der Waals surface area contributed by atoms with Crippen LogP contribution < -0.4 is 5.32 Å². The zero-order chi connectivity index (χ0) is 14.8. The van der Waals surface area contributed by atoms with Gasteiger partial charge in [0.2, 0.25) is 0 Å². The maximum Gasteiger partial charge on any atom is 0.416 e. The van der Waals surface area contributed by atoms with Gasteiger partial charge in [0.25, 0.3) is 0 Å². The van der Waals surface area contributed by atoms with Crippen LogP contribution in [0.1, 0.15) is 22.9 Å². The van der Waals surface area contributed by atoms with Crippen molar-refractivity contribution in [1.29, 1.82) is 0 Å². The first-order valence-corrected chi connectivity index (χ1v) is 5.87. The molecule has 0 radical (unpaired) electrons. The summed E-state index contributed by atoms with van der Waals surface area (Å²) in [5.41, 5.74) is 0.145. The van der Waals surface area contributed by atoms with Crippen LogP contribution in [0.5, 0.6) is 0 Å². The van der Waals surface area contributed by atoms with Crippen LogP contribution in [-0.2, 0) is 6.18 Å². The van der Waals surface area contributed by atoms with Crippen LogP contribution in [0.2, 0.25) is 0 Å². The smallest absolute Gasteiger partial charge is 0.308 e. The predicted molar refractivity (Wildman–Crippen MR) is 66.5 cm³/mol. The van der Waals surface area contributed by atoms with E-state index in [-0.39, 0.29) is 0 Å². The van der Waals surface area contributed by atoms with E-state index in [1.807, 2.05) is 0 Å². The molecule has 6 heteroatoms. The van der Waals surface area contributed by atoms with E-state index in [1.165, 1.54) is 18.2 Å². The highest BCUT2D eigenvalue weighted by molar-refractivity contribution is 5.32. The first-order valence-electron chi connectivity index (χ1n) is 5.87. The number of nitrogens with one attached hydrogen (secondary N) is 1. The Hall–Kier alpha value is -1.95. The Bertz CT molecular complexity index is 578. The fourth-order valence-corrected chi connectivity index (χ4v) is 1.94. The summed E-state index contributed by atoms with van der Waals surface area (Å²) in [7, 11) is 1.61. The second kappa shape index (κ2) is 5.58. The average molecular weight is 284 g/mol. The van der Waals surface area contributed by atoms with Gasteiger partial charge in [-0.1, -0.05) is 12.1 Å². The highest BCUT2D eigenvalue weighted by Gasteiger charge is 2.31. The third-order valence-corrected chi connectivity index (χ3v) is 2.88. The van der Waals surface area contributed by atoms with E-state index in [9.17, 15) is 17.6 Å². The highest BCUT2D eigenvalue weighted by atomic mass is 19.4. The van der Waals surface area contributed by atoms with E-state index >= 15 is 0 Å². The van der Waals surface area contributed by atoms with Crippen LogP contribution in [0, 0.1) is 5.82 Å². The summed E-state index contributed by atoms with van der Waals surface area (Å²) in [5, 5.41) is 2.88. The van der Waals surface area contributed by atoms with E-state index in [2.05, 4.69) is 10.3 Å². The van der Waals surface area contributed by atoms with Crippen molar-refractivity contribution in [3.63, 3.8) is 0 Å². The zero-order valence-corrected chi connectivity index (χ0v) is 10.6. The van der Waals surface area contributed by atoms with E-state index in [1.54, 1.807) is 13.1 Å². The van der Waals surface area contributed by atoms with E-state index in [0.29, 0.717) is 11.3 Å². The Kier molecular flexibility index (Phi) is 4.04. The lowest BCUT2D eigenvalue weighted by Gasteiger charge is -2.17. The van der Waals surface area contributed by atoms with Gasteiger partial charge in [-0.15, -0.1) is 0 Å². The summed E-state index contributed by atoms with van der Waals surface area (Å²) in [6.07, 6.45) is -3.36. The van der Waals surface area contributed by atoms with Crippen LogP contribution in [0.3, 0.4) is 0 Å². The molecule has 0 bridgehead atoms. The molecule has 0 aliphatic carbocycles. The lowest BCUT2D eigenvalue weighted by atomic mass is 10.0. The lowest BCUT2D eigenvalue weighted by Crippen LogP contribution is -2.19. The SMILES string of the molecule is CNC(c1cccc(C(F)(F)F)c1)c1ccc(F)cn1. The molecule has 1 aromatic heterocycles. The average Bonchev–Trinajstić information content (AvgIpc) is 2.41. The molecule has 1 heterocycles. The predicted octanol–water partition coefficient (Wildman–Crippen LogP) is 3.55. The minimum Gasteiger partial charge on any atom is -0.308 e. The molecule has 0 spiro atoms. The van der Waals surface area contributed by atoms with Crippen molar-refractivity contribution in [3.05, 3.63) is 65.2 Å². The van der Waals surface area contributed by atoms with Crippen molar-refractivity contribution in [2.24, 2.45) is 0 Å². The molecule has 0 aliphatic heterocycles. The molecular weight excluding hydrogens is 272 g/mol. The third-order valence-electron chi connectivity index (χ3n) is 2.88. The van der Waals surface area contributed by atoms with Gasteiger partial charge < -0.3 is 5.32 Å². The molecule has 0 saturated heterocycles. The number of hydrogen-bond acceptors (Lipinski definition) is 2. The normalized spacial score (nSPS) is 13.2. The van der Waals surface area contributed by atoms with Gasteiger partial charge in [-0.05, 0) is 36.9 Å². The molecule has 2 aromatic rings. The van der Waals surface area contributed by atoms with Gasteiger partial charge >= 0.3 is 6.18 Å². The first kappa shape index (κ1) is 14.5. The Morgan fingerprint density at radius 2 is 1.90 bits per heavy atom. The number of aromatic nitrogens is 1. The van der Waals surface area contributed by atoms with E-state index in [4.69, 9.17) is 0 Å². The van der Waals surface area contributed by atoms with Gasteiger partial charge in [0.1, 0.15) is 5.82 Å². The minimum atomic E-state index is -4.40. The Balaban J connectivity index is 2.39. The van der Waals surface area contributed by atoms with E-state index < -0.39 is 23.6 Å². The number of halogens is 4. The largest absolute Gasteiger partial charge is 0.416 e. The fourth-order valence-electron chi connectivity index (χ4n) is 1.94. The Labute approximate surface area is 113 Å². The number of rotatable bonds is 3. The molecule has 0 amide bonds. The summed E-state index contributed by atoms with van der Waals surface area (Å²) < 4.78 is 51.0. The number of alkyl halides is 3. The topological polar surface area (TPSA) is 24.9 Å². The fraction of sp³-hybridized carbons (Fsp3) is 0.214. The zero-order valence-electron chi connectivity index (χ0n) is 10.6. The summed E-state index contributed by atoms with van der Waals surface area (Å²) in [6, 6.07) is 7.11. The molecule has 1 unspecified atom stereocenters. The molecule has 106 valence electrons. The number of benzene rings is 1. The molecule has 0 aliphatic rings. The monoisotopic (exact) mass is 284 g/mol. The van der Waals surface area contributed by atoms with Gasteiger partial charge in [-0.2, -0.15) is 13.2 Å². The van der Waals surface area contributed by atoms with Gasteiger partial charge in [0.05, 0.1) is 23.5 Å². The van der Waals surface area contributed by atoms with Crippen molar-refractivity contribution in [3.8, 4) is 0 Å². The van der Waals surface area contributed by atoms with Crippen molar-refractivity contribution in [2.45, 2.75) is 12.2 Å². The van der Waals surface area contributed by atoms with Crippen molar-refractivity contribution in [1.82, 2.24) is 10.3 Å². The molecular formula is C14H12F4N2. The molecule has 20 heavy (non-hydrogen) atoms. The molecule has 2 nitrogen and oxygen atoms in total. The van der Waals surface area contributed by atoms with Crippen LogP contribution in [0.25, 0.3) is 0 Å². The summed E-state index contributed by atoms with van der Waals surface area (Å²) in [4.78, 5) is 3.90. The second-order valence-corrected chi connectivity index (χ2v) is 4.25. The number of nitrogens with zero attached hydrogens (tertiary/aromatic N) is 1. The quantitative estimate of drug-likeness (QED) is 0.872. The third kappa shape index (κ3) is 3.14. The molecule has 1 aromatic carbocycles. The Morgan fingerprint density at radius 3 is 2.45 bits per heavy atom. The first-order chi connectivity index (χ1) is 9.41. The highest BCUT2D eigenvalue weighted by Crippen LogP contribution is 2.31. The molecule has 1 N–H and O–H groups in total. The standard InChI is InChI=1S/C14H12F4N2/c1-19-13(12-6-5-11(15)8-20-12)9-3-2-4-10(7-9)14(16,17)18/h2-8,13,19H,1H3. The van der Waals surface area contributed by atoms with Crippen LogP contribution in [0.15, 0.2) is 42.6 Å². The number of pyridine rings is 1. The summed E-state index contributed by atoms with van der Waals surface area (Å²) in [6.45, 7) is 0. The Morgan fingerprint density at radius 1 is 1.15 bits per heavy atom. The van der Waals surface area contributed by atoms with Crippen molar-refractivity contribution < 1.29 is 17.6 Å². The molecule has 1 atom stereocenters. The summed E-state index contributed by atoms with van der Waals surface area (Å²) >= 11 is 0. The molecule has 0 saturated carbocycles. The minimum absolute atomic E-state index is 0.418. The van der Waals surface area contributed by atoms with Gasteiger partial charge in [0.15, 0.2) is 0 Å². The van der Waals surface area contributed by atoms with E-state index in [0.717, 1.165) is 18.3 Å². The molecule has 0 fully saturated rings. The van der Waals surface area contributed by atoms with Gasteiger partial charge in [0, 0.05) is 0 Å². The van der Waals surface area contributed by atoms with Crippen LogP contribution >= 0.6 is 0 Å². The second-order valence-electron chi connectivity index (χ2n) is 4.25. The number of hydrogen-bond donors (Lipinski definition) is 1. The van der Waals surface area contributed by atoms with Crippen LogP contribution in [-0.4, -0.2) is 12.0 Å². The van der Waals surface area contributed by atoms with Gasteiger partial charge in [-0.25, -0.2) is 4.39 Å².